The lowest BCUT2D eigenvalue weighted by Gasteiger charge is -2.08. The zero-order valence-corrected chi connectivity index (χ0v) is 12.0. The molecular formula is C12H11BrN2O2S. The van der Waals surface area contributed by atoms with E-state index in [0.29, 0.717) is 12.4 Å². The number of thiophene rings is 1. The summed E-state index contributed by atoms with van der Waals surface area (Å²) in [6.07, 6.45) is 0. The summed E-state index contributed by atoms with van der Waals surface area (Å²) in [5.74, 6) is -0.565. The fourth-order valence-corrected chi connectivity index (χ4v) is 2.90. The largest absolute Gasteiger partial charge is 0.478 e. The third kappa shape index (κ3) is 3.08. The minimum Gasteiger partial charge on any atom is -0.478 e. The van der Waals surface area contributed by atoms with Crippen LogP contribution in [0, 0.1) is 6.92 Å². The standard InChI is InChI=1S/C12H11BrN2O2S/c1-7-2-4-9(12(16)17)11(15-7)14-6-8-3-5-10(13)18-8/h2-5H,6H2,1H3,(H,14,15)(H,16,17). The van der Waals surface area contributed by atoms with Gasteiger partial charge in [-0.05, 0) is 47.1 Å². The topological polar surface area (TPSA) is 62.2 Å². The first kappa shape index (κ1) is 13.0. The number of anilines is 1. The molecule has 4 nitrogen and oxygen atoms in total. The van der Waals surface area contributed by atoms with Crippen LogP contribution in [0.15, 0.2) is 28.1 Å². The molecule has 0 spiro atoms. The average molecular weight is 327 g/mol. The van der Waals surface area contributed by atoms with Gasteiger partial charge in [-0.15, -0.1) is 11.3 Å². The van der Waals surface area contributed by atoms with Crippen molar-refractivity contribution < 1.29 is 9.90 Å². The Morgan fingerprint density at radius 3 is 2.83 bits per heavy atom. The second kappa shape index (κ2) is 5.49. The van der Waals surface area contributed by atoms with Crippen LogP contribution in [0.4, 0.5) is 5.82 Å². The normalized spacial score (nSPS) is 10.3. The van der Waals surface area contributed by atoms with E-state index in [1.54, 1.807) is 23.5 Å². The first-order chi connectivity index (χ1) is 8.56. The van der Waals surface area contributed by atoms with Crippen molar-refractivity contribution in [3.63, 3.8) is 0 Å². The van der Waals surface area contributed by atoms with Crippen LogP contribution in [0.1, 0.15) is 20.9 Å². The number of nitrogens with one attached hydrogen (secondary N) is 1. The highest BCUT2D eigenvalue weighted by Gasteiger charge is 2.11. The van der Waals surface area contributed by atoms with Crippen molar-refractivity contribution >= 4 is 39.1 Å². The number of aromatic carboxylic acids is 1. The third-order valence-corrected chi connectivity index (χ3v) is 3.95. The van der Waals surface area contributed by atoms with Crippen LogP contribution in [0.3, 0.4) is 0 Å². The van der Waals surface area contributed by atoms with Gasteiger partial charge >= 0.3 is 5.97 Å². The molecule has 2 N–H and O–H groups in total. The molecular weight excluding hydrogens is 316 g/mol. The molecule has 2 rings (SSSR count). The third-order valence-electron chi connectivity index (χ3n) is 2.32. The fourth-order valence-electron chi connectivity index (χ4n) is 1.48. The molecule has 2 aromatic rings. The van der Waals surface area contributed by atoms with Gasteiger partial charge in [-0.3, -0.25) is 0 Å². The molecule has 0 aromatic carbocycles. The van der Waals surface area contributed by atoms with Gasteiger partial charge in [-0.25, -0.2) is 9.78 Å². The average Bonchev–Trinajstić information content (AvgIpc) is 2.72. The molecule has 0 radical (unpaired) electrons. The molecule has 0 aliphatic carbocycles. The molecule has 0 amide bonds. The number of nitrogens with zero attached hydrogens (tertiary/aromatic N) is 1. The molecule has 0 bridgehead atoms. The fraction of sp³-hybridized carbons (Fsp3) is 0.167. The van der Waals surface area contributed by atoms with Gasteiger partial charge in [0.05, 0.1) is 10.3 Å². The molecule has 94 valence electrons. The van der Waals surface area contributed by atoms with Crippen molar-refractivity contribution in [1.29, 1.82) is 0 Å². The van der Waals surface area contributed by atoms with Crippen molar-refractivity contribution in [2.75, 3.05) is 5.32 Å². The van der Waals surface area contributed by atoms with E-state index >= 15 is 0 Å². The van der Waals surface area contributed by atoms with Crippen molar-refractivity contribution in [2.24, 2.45) is 0 Å². The zero-order valence-electron chi connectivity index (χ0n) is 9.61. The predicted molar refractivity (Wildman–Crippen MR) is 75.3 cm³/mol. The van der Waals surface area contributed by atoms with Gasteiger partial charge in [0, 0.05) is 10.6 Å². The van der Waals surface area contributed by atoms with Gasteiger partial charge in [0.1, 0.15) is 11.4 Å². The van der Waals surface area contributed by atoms with Crippen LogP contribution in [-0.4, -0.2) is 16.1 Å². The lowest BCUT2D eigenvalue weighted by Crippen LogP contribution is -2.08. The molecule has 0 saturated heterocycles. The maximum absolute atomic E-state index is 11.1. The second-order valence-corrected chi connectivity index (χ2v) is 6.26. The van der Waals surface area contributed by atoms with E-state index in [9.17, 15) is 4.79 Å². The molecule has 0 unspecified atom stereocenters. The Morgan fingerprint density at radius 1 is 1.44 bits per heavy atom. The number of carbonyl (C=O) groups is 1. The number of hydrogen-bond acceptors (Lipinski definition) is 4. The number of halogens is 1. The Morgan fingerprint density at radius 2 is 2.22 bits per heavy atom. The smallest absolute Gasteiger partial charge is 0.339 e. The molecule has 2 aromatic heterocycles. The molecule has 0 saturated carbocycles. The van der Waals surface area contributed by atoms with Crippen molar-refractivity contribution in [3.8, 4) is 0 Å². The molecule has 0 aliphatic heterocycles. The molecule has 2 heterocycles. The molecule has 0 atom stereocenters. The highest BCUT2D eigenvalue weighted by molar-refractivity contribution is 9.11. The first-order valence-electron chi connectivity index (χ1n) is 5.25. The molecule has 18 heavy (non-hydrogen) atoms. The number of pyridine rings is 1. The molecule has 0 aliphatic rings. The number of aromatic nitrogens is 1. The number of aryl methyl sites for hydroxylation is 1. The van der Waals surface area contributed by atoms with E-state index in [-0.39, 0.29) is 5.56 Å². The van der Waals surface area contributed by atoms with Crippen molar-refractivity contribution in [1.82, 2.24) is 4.98 Å². The van der Waals surface area contributed by atoms with Crippen LogP contribution >= 0.6 is 27.3 Å². The van der Waals surface area contributed by atoms with Crippen molar-refractivity contribution in [2.45, 2.75) is 13.5 Å². The highest BCUT2D eigenvalue weighted by Crippen LogP contribution is 2.23. The number of hydrogen-bond donors (Lipinski definition) is 2. The Balaban J connectivity index is 2.17. The molecule has 6 heteroatoms. The summed E-state index contributed by atoms with van der Waals surface area (Å²) in [5.41, 5.74) is 0.978. The molecule has 0 fully saturated rings. The predicted octanol–water partition coefficient (Wildman–Crippen LogP) is 3.52. The summed E-state index contributed by atoms with van der Waals surface area (Å²) in [7, 11) is 0. The van der Waals surface area contributed by atoms with Crippen LogP contribution in [0.25, 0.3) is 0 Å². The zero-order chi connectivity index (χ0) is 13.1. The van der Waals surface area contributed by atoms with Gasteiger partial charge in [0.25, 0.3) is 0 Å². The van der Waals surface area contributed by atoms with E-state index < -0.39 is 5.97 Å². The van der Waals surface area contributed by atoms with Gasteiger partial charge in [-0.2, -0.15) is 0 Å². The number of carboxylic acids is 1. The number of carboxylic acid groups (broad SMARTS) is 1. The maximum atomic E-state index is 11.1. The van der Waals surface area contributed by atoms with E-state index in [1.807, 2.05) is 19.1 Å². The van der Waals surface area contributed by atoms with E-state index in [2.05, 4.69) is 26.2 Å². The van der Waals surface area contributed by atoms with E-state index in [0.717, 1.165) is 14.4 Å². The van der Waals surface area contributed by atoms with E-state index in [4.69, 9.17) is 5.11 Å². The summed E-state index contributed by atoms with van der Waals surface area (Å²) in [5, 5.41) is 12.1. The lowest BCUT2D eigenvalue weighted by atomic mass is 10.2. The lowest BCUT2D eigenvalue weighted by molar-refractivity contribution is 0.0697. The Hall–Kier alpha value is -1.40. The summed E-state index contributed by atoms with van der Waals surface area (Å²) >= 11 is 4.99. The van der Waals surface area contributed by atoms with Gasteiger partial charge < -0.3 is 10.4 Å². The second-order valence-electron chi connectivity index (χ2n) is 3.71. The van der Waals surface area contributed by atoms with Crippen molar-refractivity contribution in [3.05, 3.63) is 44.2 Å². The van der Waals surface area contributed by atoms with Gasteiger partial charge in [0.2, 0.25) is 0 Å². The summed E-state index contributed by atoms with van der Waals surface area (Å²) in [4.78, 5) is 16.4. The minimum absolute atomic E-state index is 0.191. The SMILES string of the molecule is Cc1ccc(C(=O)O)c(NCc2ccc(Br)s2)n1. The van der Waals surface area contributed by atoms with Gasteiger partial charge in [0.15, 0.2) is 0 Å². The summed E-state index contributed by atoms with van der Waals surface area (Å²) < 4.78 is 1.05. The van der Waals surface area contributed by atoms with Crippen LogP contribution in [0.5, 0.6) is 0 Å². The summed E-state index contributed by atoms with van der Waals surface area (Å²) in [6.45, 7) is 2.39. The monoisotopic (exact) mass is 326 g/mol. The Labute approximate surface area is 117 Å². The Kier molecular flexibility index (Phi) is 3.98. The first-order valence-corrected chi connectivity index (χ1v) is 6.86. The maximum Gasteiger partial charge on any atom is 0.339 e. The highest BCUT2D eigenvalue weighted by atomic mass is 79.9. The minimum atomic E-state index is -0.975. The van der Waals surface area contributed by atoms with Gasteiger partial charge in [-0.1, -0.05) is 0 Å². The number of rotatable bonds is 4. The van der Waals surface area contributed by atoms with Crippen LogP contribution < -0.4 is 5.32 Å². The quantitative estimate of drug-likeness (QED) is 0.902. The van der Waals surface area contributed by atoms with Crippen LogP contribution in [-0.2, 0) is 6.54 Å². The Bertz CT molecular complexity index is 583. The summed E-state index contributed by atoms with van der Waals surface area (Å²) in [6, 6.07) is 7.20. The van der Waals surface area contributed by atoms with Crippen LogP contribution in [0.2, 0.25) is 0 Å². The van der Waals surface area contributed by atoms with E-state index in [1.165, 1.54) is 0 Å².